The van der Waals surface area contributed by atoms with Gasteiger partial charge in [0.1, 0.15) is 0 Å². The summed E-state index contributed by atoms with van der Waals surface area (Å²) in [5.74, 6) is 0. The summed E-state index contributed by atoms with van der Waals surface area (Å²) in [5, 5.41) is 5.62. The second kappa shape index (κ2) is 7.39. The van der Waals surface area contributed by atoms with Gasteiger partial charge in [0.25, 0.3) is 0 Å². The van der Waals surface area contributed by atoms with Crippen molar-refractivity contribution in [1.82, 2.24) is 9.71 Å². The number of sulfonamides is 1. The number of anilines is 2. The van der Waals surface area contributed by atoms with Crippen LogP contribution in [0.15, 0.2) is 63.7 Å². The smallest absolute Gasteiger partial charge is 0.240 e. The van der Waals surface area contributed by atoms with Gasteiger partial charge in [-0.2, -0.15) is 0 Å². The number of aromatic nitrogens is 1. The lowest BCUT2D eigenvalue weighted by molar-refractivity contribution is 0.588. The third-order valence-electron chi connectivity index (χ3n) is 3.77. The van der Waals surface area contributed by atoms with Crippen molar-refractivity contribution in [2.24, 2.45) is 0 Å². The summed E-state index contributed by atoms with van der Waals surface area (Å²) in [6.07, 6.45) is 1.16. The van der Waals surface area contributed by atoms with Crippen molar-refractivity contribution in [3.63, 3.8) is 0 Å². The van der Waals surface area contributed by atoms with E-state index in [-0.39, 0.29) is 9.79 Å². The molecule has 0 unspecified atom stereocenters. The summed E-state index contributed by atoms with van der Waals surface area (Å²) in [5.41, 5.74) is 2.23. The molecule has 0 aliphatic rings. The minimum Gasteiger partial charge on any atom is -0.332 e. The van der Waals surface area contributed by atoms with Crippen molar-refractivity contribution in [2.75, 3.05) is 18.6 Å². The van der Waals surface area contributed by atoms with E-state index < -0.39 is 19.9 Å². The van der Waals surface area contributed by atoms with E-state index in [2.05, 4.69) is 15.0 Å². The molecule has 142 valence electrons. The van der Waals surface area contributed by atoms with Crippen molar-refractivity contribution in [1.29, 1.82) is 0 Å². The fraction of sp³-hybridized carbons (Fsp3) is 0.118. The molecular weight excluding hydrogens is 406 g/mol. The Morgan fingerprint density at radius 3 is 2.04 bits per heavy atom. The number of hydrogen-bond donors (Lipinski definition) is 2. The first-order valence-electron chi connectivity index (χ1n) is 7.76. The van der Waals surface area contributed by atoms with Crippen LogP contribution in [0.1, 0.15) is 0 Å². The molecule has 10 heteroatoms. The average molecular weight is 424 g/mol. The minimum absolute atomic E-state index is 0.188. The monoisotopic (exact) mass is 423 g/mol. The van der Waals surface area contributed by atoms with E-state index >= 15 is 0 Å². The van der Waals surface area contributed by atoms with Crippen LogP contribution < -0.4 is 10.0 Å². The van der Waals surface area contributed by atoms with Gasteiger partial charge in [0, 0.05) is 22.9 Å². The molecule has 1 aromatic heterocycles. The Hall–Kier alpha value is -2.27. The first-order chi connectivity index (χ1) is 12.7. The molecule has 0 aliphatic heterocycles. The molecule has 3 rings (SSSR count). The van der Waals surface area contributed by atoms with Crippen molar-refractivity contribution >= 4 is 42.0 Å². The number of hydrogen-bond acceptors (Lipinski definition) is 7. The van der Waals surface area contributed by atoms with Gasteiger partial charge in [-0.25, -0.2) is 26.5 Å². The Balaban J connectivity index is 1.77. The molecule has 27 heavy (non-hydrogen) atoms. The van der Waals surface area contributed by atoms with Crippen LogP contribution >= 0.6 is 11.3 Å². The Morgan fingerprint density at radius 2 is 1.48 bits per heavy atom. The first kappa shape index (κ1) is 19.5. The second-order valence-electron chi connectivity index (χ2n) is 5.69. The van der Waals surface area contributed by atoms with Gasteiger partial charge in [-0.1, -0.05) is 12.1 Å². The van der Waals surface area contributed by atoms with E-state index in [9.17, 15) is 16.8 Å². The molecular formula is C17H17N3O4S3. The fourth-order valence-corrected chi connectivity index (χ4v) is 4.40. The second-order valence-corrected chi connectivity index (χ2v) is 10.5. The van der Waals surface area contributed by atoms with Crippen LogP contribution in [-0.2, 0) is 19.9 Å². The summed E-state index contributed by atoms with van der Waals surface area (Å²) < 4.78 is 48.8. The summed E-state index contributed by atoms with van der Waals surface area (Å²) in [6.45, 7) is 0. The zero-order valence-corrected chi connectivity index (χ0v) is 17.0. The van der Waals surface area contributed by atoms with Crippen LogP contribution in [-0.4, -0.2) is 35.1 Å². The lowest BCUT2D eigenvalue weighted by atomic mass is 10.2. The molecule has 0 atom stereocenters. The summed E-state index contributed by atoms with van der Waals surface area (Å²) >= 11 is 1.39. The van der Waals surface area contributed by atoms with E-state index in [1.165, 1.54) is 42.6 Å². The standard InChI is InChI=1S/C17H17N3O4S3/c1-18-27(23,24)15-7-3-12(4-8-15)16-11-25-17(20-16)19-13-5-9-14(10-6-13)26(2,21)22/h3-11,18H,1-2H3,(H,19,20). The Bertz CT molecular complexity index is 1150. The van der Waals surface area contributed by atoms with Gasteiger partial charge in [0.05, 0.1) is 15.5 Å². The molecule has 0 bridgehead atoms. The van der Waals surface area contributed by atoms with Crippen LogP contribution in [0.3, 0.4) is 0 Å². The van der Waals surface area contributed by atoms with Gasteiger partial charge in [-0.15, -0.1) is 11.3 Å². The fourth-order valence-electron chi connectivity index (χ4n) is 2.30. The largest absolute Gasteiger partial charge is 0.332 e. The number of thiazole rings is 1. The van der Waals surface area contributed by atoms with Gasteiger partial charge in [0.2, 0.25) is 10.0 Å². The third kappa shape index (κ3) is 4.53. The molecule has 0 aliphatic carbocycles. The normalized spacial score (nSPS) is 12.1. The highest BCUT2D eigenvalue weighted by molar-refractivity contribution is 7.90. The zero-order chi connectivity index (χ0) is 19.7. The summed E-state index contributed by atoms with van der Waals surface area (Å²) in [4.78, 5) is 4.93. The topological polar surface area (TPSA) is 105 Å². The number of benzene rings is 2. The molecule has 0 radical (unpaired) electrons. The highest BCUT2D eigenvalue weighted by Gasteiger charge is 2.12. The first-order valence-corrected chi connectivity index (χ1v) is 12.0. The van der Waals surface area contributed by atoms with Gasteiger partial charge >= 0.3 is 0 Å². The number of sulfone groups is 1. The van der Waals surface area contributed by atoms with Crippen molar-refractivity contribution < 1.29 is 16.8 Å². The maximum absolute atomic E-state index is 11.8. The van der Waals surface area contributed by atoms with Crippen LogP contribution in [0.4, 0.5) is 10.8 Å². The maximum Gasteiger partial charge on any atom is 0.240 e. The van der Waals surface area contributed by atoms with Crippen molar-refractivity contribution in [3.8, 4) is 11.3 Å². The Morgan fingerprint density at radius 1 is 0.889 bits per heavy atom. The molecule has 2 aromatic carbocycles. The van der Waals surface area contributed by atoms with E-state index in [4.69, 9.17) is 0 Å². The molecule has 0 fully saturated rings. The maximum atomic E-state index is 11.8. The van der Waals surface area contributed by atoms with E-state index in [0.717, 1.165) is 17.5 Å². The van der Waals surface area contributed by atoms with Gasteiger partial charge in [-0.05, 0) is 43.4 Å². The zero-order valence-electron chi connectivity index (χ0n) is 14.5. The minimum atomic E-state index is -3.47. The molecule has 1 heterocycles. The molecule has 0 saturated heterocycles. The van der Waals surface area contributed by atoms with Gasteiger partial charge < -0.3 is 5.32 Å². The Labute approximate surface area is 162 Å². The molecule has 0 spiro atoms. The van der Waals surface area contributed by atoms with E-state index in [0.29, 0.717) is 10.8 Å². The van der Waals surface area contributed by atoms with E-state index in [1.54, 1.807) is 24.3 Å². The lowest BCUT2D eigenvalue weighted by Gasteiger charge is -2.04. The summed E-state index contributed by atoms with van der Waals surface area (Å²) in [7, 11) is -5.33. The average Bonchev–Trinajstić information content (AvgIpc) is 3.10. The van der Waals surface area contributed by atoms with Gasteiger partial charge in [0.15, 0.2) is 15.0 Å². The molecule has 7 nitrogen and oxygen atoms in total. The van der Waals surface area contributed by atoms with Crippen LogP contribution in [0, 0.1) is 0 Å². The van der Waals surface area contributed by atoms with Crippen molar-refractivity contribution in [2.45, 2.75) is 9.79 Å². The highest BCUT2D eigenvalue weighted by Crippen LogP contribution is 2.28. The highest BCUT2D eigenvalue weighted by atomic mass is 32.2. The van der Waals surface area contributed by atoms with Crippen LogP contribution in [0.25, 0.3) is 11.3 Å². The van der Waals surface area contributed by atoms with Gasteiger partial charge in [-0.3, -0.25) is 0 Å². The number of rotatable bonds is 6. The molecule has 0 amide bonds. The Kier molecular flexibility index (Phi) is 5.33. The third-order valence-corrected chi connectivity index (χ3v) is 7.08. The predicted molar refractivity (Wildman–Crippen MR) is 107 cm³/mol. The van der Waals surface area contributed by atoms with Crippen LogP contribution in [0.2, 0.25) is 0 Å². The number of nitrogens with one attached hydrogen (secondary N) is 2. The lowest BCUT2D eigenvalue weighted by Crippen LogP contribution is -2.18. The summed E-state index contributed by atoms with van der Waals surface area (Å²) in [6, 6.07) is 12.9. The number of nitrogens with zero attached hydrogens (tertiary/aromatic N) is 1. The molecule has 3 aromatic rings. The predicted octanol–water partition coefficient (Wildman–Crippen LogP) is 2.87. The molecule has 2 N–H and O–H groups in total. The molecule has 0 saturated carbocycles. The van der Waals surface area contributed by atoms with Crippen LogP contribution in [0.5, 0.6) is 0 Å². The SMILES string of the molecule is CNS(=O)(=O)c1ccc(-c2csc(Nc3ccc(S(C)(=O)=O)cc3)n2)cc1. The quantitative estimate of drug-likeness (QED) is 0.632. The van der Waals surface area contributed by atoms with E-state index in [1.807, 2.05) is 5.38 Å². The van der Waals surface area contributed by atoms with Crippen molar-refractivity contribution in [3.05, 3.63) is 53.9 Å².